The number of carbonyl (C=O) groups excluding carboxylic acids is 1. The molecule has 2 aromatic rings. The largest absolute Gasteiger partial charge is 0.332 e. The summed E-state index contributed by atoms with van der Waals surface area (Å²) < 4.78 is 27.1. The van der Waals surface area contributed by atoms with E-state index in [0.29, 0.717) is 18.0 Å². The average Bonchev–Trinajstić information content (AvgIpc) is 3.32. The van der Waals surface area contributed by atoms with E-state index in [-0.39, 0.29) is 11.8 Å². The molecule has 0 saturated heterocycles. The summed E-state index contributed by atoms with van der Waals surface area (Å²) in [4.78, 5) is 18.7. The van der Waals surface area contributed by atoms with E-state index in [2.05, 4.69) is 4.98 Å². The van der Waals surface area contributed by atoms with Crippen LogP contribution in [0.1, 0.15) is 37.4 Å². The van der Waals surface area contributed by atoms with Gasteiger partial charge in [-0.3, -0.25) is 9.78 Å². The molecule has 0 bridgehead atoms. The van der Waals surface area contributed by atoms with Gasteiger partial charge in [0, 0.05) is 24.9 Å². The second-order valence-electron chi connectivity index (χ2n) is 6.31. The maximum Gasteiger partial charge on any atom is 0.226 e. The van der Waals surface area contributed by atoms with Crippen LogP contribution in [0.4, 0.5) is 8.78 Å². The highest BCUT2D eigenvalue weighted by Crippen LogP contribution is 2.41. The number of rotatable bonds is 5. The molecule has 1 aliphatic rings. The molecule has 0 radical (unpaired) electrons. The van der Waals surface area contributed by atoms with Gasteiger partial charge in [0.25, 0.3) is 0 Å². The summed E-state index contributed by atoms with van der Waals surface area (Å²) in [6, 6.07) is 6.96. The van der Waals surface area contributed by atoms with Crippen LogP contribution in [0.3, 0.4) is 0 Å². The molecule has 126 valence electrons. The molecule has 0 unspecified atom stereocenters. The van der Waals surface area contributed by atoms with E-state index in [0.717, 1.165) is 18.1 Å². The van der Waals surface area contributed by atoms with Crippen molar-refractivity contribution in [1.29, 1.82) is 0 Å². The third kappa shape index (κ3) is 3.16. The fraction of sp³-hybridized carbons (Fsp3) is 0.368. The molecule has 5 heteroatoms. The first kappa shape index (κ1) is 16.6. The number of hydrogen-bond acceptors (Lipinski definition) is 2. The zero-order chi connectivity index (χ0) is 17.3. The Bertz CT molecular complexity index is 735. The summed E-state index contributed by atoms with van der Waals surface area (Å²) in [5.74, 6) is -1.34. The van der Waals surface area contributed by atoms with E-state index in [1.165, 1.54) is 12.1 Å². The fourth-order valence-electron chi connectivity index (χ4n) is 3.12. The number of pyridine rings is 1. The van der Waals surface area contributed by atoms with Gasteiger partial charge in [-0.15, -0.1) is 0 Å². The maximum atomic E-state index is 13.8. The maximum absolute atomic E-state index is 13.8. The molecule has 3 rings (SSSR count). The topological polar surface area (TPSA) is 33.2 Å². The van der Waals surface area contributed by atoms with Crippen molar-refractivity contribution in [2.45, 2.75) is 26.3 Å². The number of benzene rings is 1. The lowest BCUT2D eigenvalue weighted by Crippen LogP contribution is -2.37. The van der Waals surface area contributed by atoms with Crippen molar-refractivity contribution >= 4 is 5.91 Å². The van der Waals surface area contributed by atoms with Gasteiger partial charge in [0.15, 0.2) is 11.6 Å². The summed E-state index contributed by atoms with van der Waals surface area (Å²) in [6.07, 6.45) is 4.19. The van der Waals surface area contributed by atoms with Gasteiger partial charge in [-0.1, -0.05) is 19.1 Å². The first-order valence-electron chi connectivity index (χ1n) is 8.18. The third-order valence-corrected chi connectivity index (χ3v) is 4.62. The Morgan fingerprint density at radius 2 is 2.04 bits per heavy atom. The Morgan fingerprint density at radius 3 is 2.58 bits per heavy atom. The van der Waals surface area contributed by atoms with E-state index < -0.39 is 17.7 Å². The van der Waals surface area contributed by atoms with Crippen LogP contribution in [0.5, 0.6) is 0 Å². The van der Waals surface area contributed by atoms with Crippen LogP contribution in [0.25, 0.3) is 0 Å². The van der Waals surface area contributed by atoms with Gasteiger partial charge in [0.2, 0.25) is 5.91 Å². The van der Waals surface area contributed by atoms with E-state index >= 15 is 0 Å². The molecule has 1 aliphatic carbocycles. The zero-order valence-electron chi connectivity index (χ0n) is 13.7. The van der Waals surface area contributed by atoms with Gasteiger partial charge in [0.05, 0.1) is 6.04 Å². The summed E-state index contributed by atoms with van der Waals surface area (Å²) in [7, 11) is 0. The predicted octanol–water partition coefficient (Wildman–Crippen LogP) is 3.95. The van der Waals surface area contributed by atoms with Crippen LogP contribution in [-0.4, -0.2) is 22.3 Å². The molecule has 1 amide bonds. The van der Waals surface area contributed by atoms with Crippen LogP contribution < -0.4 is 0 Å². The Morgan fingerprint density at radius 1 is 1.29 bits per heavy atom. The molecule has 1 aromatic heterocycles. The number of amides is 1. The third-order valence-electron chi connectivity index (χ3n) is 4.62. The average molecular weight is 330 g/mol. The summed E-state index contributed by atoms with van der Waals surface area (Å²) >= 11 is 0. The minimum atomic E-state index is -0.912. The second kappa shape index (κ2) is 6.67. The monoisotopic (exact) mass is 330 g/mol. The van der Waals surface area contributed by atoms with Crippen LogP contribution >= 0.6 is 0 Å². The quantitative estimate of drug-likeness (QED) is 0.831. The lowest BCUT2D eigenvalue weighted by molar-refractivity contribution is -0.134. The molecular weight excluding hydrogens is 310 g/mol. The number of carbonyl (C=O) groups is 1. The standard InChI is InChI=1S/C19H20F2N2O/c1-3-23(19(24)15-9-12(15)2)18(14-5-4-8-22-11-14)13-6-7-16(20)17(21)10-13/h4-8,10-12,15,18H,3,9H2,1-2H3/t12-,15-,18+/m1/s1. The lowest BCUT2D eigenvalue weighted by Gasteiger charge is -2.32. The summed E-state index contributed by atoms with van der Waals surface area (Å²) in [5, 5.41) is 0. The molecule has 1 saturated carbocycles. The highest BCUT2D eigenvalue weighted by molar-refractivity contribution is 5.82. The smallest absolute Gasteiger partial charge is 0.226 e. The molecule has 1 fully saturated rings. The van der Waals surface area contributed by atoms with Crippen molar-refractivity contribution in [2.75, 3.05) is 6.54 Å². The van der Waals surface area contributed by atoms with Crippen molar-refractivity contribution in [2.24, 2.45) is 11.8 Å². The predicted molar refractivity (Wildman–Crippen MR) is 87.1 cm³/mol. The van der Waals surface area contributed by atoms with Crippen molar-refractivity contribution in [3.8, 4) is 0 Å². The molecule has 24 heavy (non-hydrogen) atoms. The van der Waals surface area contributed by atoms with E-state index in [1.807, 2.05) is 19.9 Å². The van der Waals surface area contributed by atoms with Gasteiger partial charge in [0.1, 0.15) is 0 Å². The number of halogens is 2. The van der Waals surface area contributed by atoms with Crippen LogP contribution in [0.2, 0.25) is 0 Å². The van der Waals surface area contributed by atoms with Crippen molar-refractivity contribution in [1.82, 2.24) is 9.88 Å². The Kier molecular flexibility index (Phi) is 4.60. The molecule has 1 aromatic carbocycles. The normalized spacial score (nSPS) is 20.5. The Hall–Kier alpha value is -2.30. The van der Waals surface area contributed by atoms with E-state index in [4.69, 9.17) is 0 Å². The van der Waals surface area contributed by atoms with Crippen LogP contribution in [-0.2, 0) is 4.79 Å². The zero-order valence-corrected chi connectivity index (χ0v) is 13.7. The molecule has 1 heterocycles. The number of hydrogen-bond donors (Lipinski definition) is 0. The van der Waals surface area contributed by atoms with Gasteiger partial charge in [-0.05, 0) is 48.6 Å². The van der Waals surface area contributed by atoms with Gasteiger partial charge in [-0.2, -0.15) is 0 Å². The highest BCUT2D eigenvalue weighted by atomic mass is 19.2. The molecule has 0 aliphatic heterocycles. The van der Waals surface area contributed by atoms with Crippen molar-refractivity contribution in [3.05, 3.63) is 65.5 Å². The van der Waals surface area contributed by atoms with Crippen molar-refractivity contribution < 1.29 is 13.6 Å². The first-order valence-corrected chi connectivity index (χ1v) is 8.18. The first-order chi connectivity index (χ1) is 11.5. The SMILES string of the molecule is CCN(C(=O)[C@@H]1C[C@H]1C)[C@H](c1cccnc1)c1ccc(F)c(F)c1. The molecule has 3 nitrogen and oxygen atoms in total. The fourth-order valence-corrected chi connectivity index (χ4v) is 3.12. The van der Waals surface area contributed by atoms with Crippen molar-refractivity contribution in [3.63, 3.8) is 0 Å². The molecule has 0 N–H and O–H groups in total. The Labute approximate surface area is 140 Å². The number of aromatic nitrogens is 1. The second-order valence-corrected chi connectivity index (χ2v) is 6.31. The Balaban J connectivity index is 2.04. The minimum Gasteiger partial charge on any atom is -0.332 e. The van der Waals surface area contributed by atoms with Crippen LogP contribution in [0, 0.1) is 23.5 Å². The summed E-state index contributed by atoms with van der Waals surface area (Å²) in [5.41, 5.74) is 1.33. The lowest BCUT2D eigenvalue weighted by atomic mass is 9.97. The molecule has 0 spiro atoms. The van der Waals surface area contributed by atoms with E-state index in [1.54, 1.807) is 23.4 Å². The molecular formula is C19H20F2N2O. The highest BCUT2D eigenvalue weighted by Gasteiger charge is 2.43. The van der Waals surface area contributed by atoms with Gasteiger partial charge in [-0.25, -0.2) is 8.78 Å². The minimum absolute atomic E-state index is 0.0226. The number of nitrogens with zero attached hydrogens (tertiary/aromatic N) is 2. The summed E-state index contributed by atoms with van der Waals surface area (Å²) in [6.45, 7) is 4.43. The van der Waals surface area contributed by atoms with Gasteiger partial charge < -0.3 is 4.90 Å². The van der Waals surface area contributed by atoms with E-state index in [9.17, 15) is 13.6 Å². The van der Waals surface area contributed by atoms with Crippen LogP contribution in [0.15, 0.2) is 42.7 Å². The molecule has 3 atom stereocenters. The van der Waals surface area contributed by atoms with Gasteiger partial charge >= 0.3 is 0 Å².